The van der Waals surface area contributed by atoms with E-state index in [-0.39, 0.29) is 24.0 Å². The third-order valence-corrected chi connectivity index (χ3v) is 2.21. The Balaban J connectivity index is 2.33. The predicted octanol–water partition coefficient (Wildman–Crippen LogP) is 2.40. The monoisotopic (exact) mass is 299 g/mol. The summed E-state index contributed by atoms with van der Waals surface area (Å²) >= 11 is 0. The van der Waals surface area contributed by atoms with Crippen molar-refractivity contribution < 1.29 is 17.9 Å². The van der Waals surface area contributed by atoms with Gasteiger partial charge in [0.05, 0.1) is 11.8 Å². The molecule has 0 atom stereocenters. The molecule has 0 bridgehead atoms. The van der Waals surface area contributed by atoms with Crippen LogP contribution >= 0.6 is 0 Å². The second-order valence-electron chi connectivity index (χ2n) is 4.34. The molecule has 1 aromatic heterocycles. The van der Waals surface area contributed by atoms with E-state index < -0.39 is 23.1 Å². The van der Waals surface area contributed by atoms with E-state index in [4.69, 9.17) is 10.5 Å². The third-order valence-electron chi connectivity index (χ3n) is 2.21. The molecule has 2 rings (SSSR count). The fourth-order valence-electron chi connectivity index (χ4n) is 1.46. The number of nitrogen functional groups attached to an aromatic ring is 1. The molecule has 0 unspecified atom stereocenters. The predicted molar refractivity (Wildman–Crippen MR) is 69.6 cm³/mol. The number of rotatable bonds is 4. The van der Waals surface area contributed by atoms with Gasteiger partial charge < -0.3 is 15.8 Å². The number of nitrogens with zero attached hydrogens (tertiary/aromatic N) is 3. The molecule has 1 aromatic carbocycles. The van der Waals surface area contributed by atoms with Crippen molar-refractivity contribution in [3.8, 4) is 6.01 Å². The number of halogens is 3. The van der Waals surface area contributed by atoms with Gasteiger partial charge >= 0.3 is 6.01 Å². The van der Waals surface area contributed by atoms with E-state index in [1.54, 1.807) is 13.8 Å². The smallest absolute Gasteiger partial charge is 0.323 e. The molecule has 0 saturated heterocycles. The average molecular weight is 299 g/mol. The molecule has 0 saturated carbocycles. The Bertz CT molecular complexity index is 666. The van der Waals surface area contributed by atoms with Crippen LogP contribution in [0.3, 0.4) is 0 Å². The molecule has 9 heteroatoms. The first-order valence-electron chi connectivity index (χ1n) is 5.95. The molecular formula is C12H12F3N5O. The summed E-state index contributed by atoms with van der Waals surface area (Å²) < 4.78 is 45.0. The molecule has 3 N–H and O–H groups in total. The fourth-order valence-corrected chi connectivity index (χ4v) is 1.46. The highest BCUT2D eigenvalue weighted by Crippen LogP contribution is 2.22. The molecule has 0 spiro atoms. The third kappa shape index (κ3) is 3.71. The number of benzene rings is 1. The van der Waals surface area contributed by atoms with Gasteiger partial charge in [0.2, 0.25) is 11.9 Å². The van der Waals surface area contributed by atoms with Crippen molar-refractivity contribution in [2.45, 2.75) is 20.0 Å². The van der Waals surface area contributed by atoms with Crippen LogP contribution in [0.25, 0.3) is 0 Å². The molecule has 0 amide bonds. The van der Waals surface area contributed by atoms with Crippen LogP contribution in [0.15, 0.2) is 12.1 Å². The Kier molecular flexibility index (Phi) is 4.10. The summed E-state index contributed by atoms with van der Waals surface area (Å²) in [6, 6.07) is 1.11. The number of hydrogen-bond donors (Lipinski definition) is 2. The summed E-state index contributed by atoms with van der Waals surface area (Å²) in [6.45, 7) is 3.49. The Morgan fingerprint density at radius 1 is 1.14 bits per heavy atom. The van der Waals surface area contributed by atoms with Crippen LogP contribution in [0.4, 0.5) is 30.8 Å². The van der Waals surface area contributed by atoms with Crippen molar-refractivity contribution in [3.05, 3.63) is 29.6 Å². The molecule has 0 fully saturated rings. The maximum atomic E-state index is 13.5. The molecular weight excluding hydrogens is 287 g/mol. The van der Waals surface area contributed by atoms with Gasteiger partial charge in [-0.15, -0.1) is 0 Å². The Labute approximate surface area is 118 Å². The van der Waals surface area contributed by atoms with E-state index in [0.717, 1.165) is 6.07 Å². The lowest BCUT2D eigenvalue weighted by atomic mass is 10.3. The zero-order valence-electron chi connectivity index (χ0n) is 11.2. The number of ether oxygens (including phenoxy) is 1. The summed E-state index contributed by atoms with van der Waals surface area (Å²) in [5.74, 6) is -3.92. The maximum Gasteiger partial charge on any atom is 0.323 e. The number of aromatic nitrogens is 3. The molecule has 0 aliphatic heterocycles. The first-order chi connectivity index (χ1) is 9.85. The van der Waals surface area contributed by atoms with Crippen molar-refractivity contribution in [1.82, 2.24) is 15.0 Å². The van der Waals surface area contributed by atoms with Crippen LogP contribution in [-0.2, 0) is 0 Å². The van der Waals surface area contributed by atoms with Crippen molar-refractivity contribution in [3.63, 3.8) is 0 Å². The molecule has 1 heterocycles. The van der Waals surface area contributed by atoms with Crippen LogP contribution in [0.5, 0.6) is 6.01 Å². The Morgan fingerprint density at radius 3 is 2.52 bits per heavy atom. The number of anilines is 3. The summed E-state index contributed by atoms with van der Waals surface area (Å²) in [6.07, 6.45) is -0.219. The van der Waals surface area contributed by atoms with E-state index in [1.165, 1.54) is 0 Å². The molecule has 6 nitrogen and oxygen atoms in total. The van der Waals surface area contributed by atoms with Gasteiger partial charge in [0.15, 0.2) is 11.6 Å². The number of hydrogen-bond acceptors (Lipinski definition) is 6. The number of nitrogens with two attached hydrogens (primary N) is 1. The largest absolute Gasteiger partial charge is 0.461 e. The van der Waals surface area contributed by atoms with Gasteiger partial charge in [-0.1, -0.05) is 0 Å². The SMILES string of the molecule is CC(C)Oc1nc(N)nc(Nc2cc(F)cc(F)c2F)n1. The Hall–Kier alpha value is -2.58. The molecule has 21 heavy (non-hydrogen) atoms. The van der Waals surface area contributed by atoms with E-state index in [9.17, 15) is 13.2 Å². The zero-order valence-corrected chi connectivity index (χ0v) is 11.2. The lowest BCUT2D eigenvalue weighted by Crippen LogP contribution is -2.12. The number of nitrogens with one attached hydrogen (secondary N) is 1. The quantitative estimate of drug-likeness (QED) is 0.843. The van der Waals surface area contributed by atoms with Gasteiger partial charge in [-0.25, -0.2) is 13.2 Å². The van der Waals surface area contributed by atoms with Crippen LogP contribution in [0.1, 0.15) is 13.8 Å². The van der Waals surface area contributed by atoms with E-state index in [1.807, 2.05) is 0 Å². The minimum atomic E-state index is -1.34. The molecule has 0 aliphatic carbocycles. The average Bonchev–Trinajstić information content (AvgIpc) is 2.33. The van der Waals surface area contributed by atoms with Crippen LogP contribution in [0.2, 0.25) is 0 Å². The molecule has 112 valence electrons. The summed E-state index contributed by atoms with van der Waals surface area (Å²) in [7, 11) is 0. The highest BCUT2D eigenvalue weighted by molar-refractivity contribution is 5.55. The van der Waals surface area contributed by atoms with Crippen LogP contribution < -0.4 is 15.8 Å². The van der Waals surface area contributed by atoms with Crippen LogP contribution in [-0.4, -0.2) is 21.1 Å². The van der Waals surface area contributed by atoms with Gasteiger partial charge in [-0.2, -0.15) is 15.0 Å². The topological polar surface area (TPSA) is 86.0 Å². The second kappa shape index (κ2) is 5.81. The summed E-state index contributed by atoms with van der Waals surface area (Å²) in [5, 5.41) is 2.33. The lowest BCUT2D eigenvalue weighted by molar-refractivity contribution is 0.222. The summed E-state index contributed by atoms with van der Waals surface area (Å²) in [5.41, 5.74) is 5.00. The molecule has 0 radical (unpaired) electrons. The lowest BCUT2D eigenvalue weighted by Gasteiger charge is -2.10. The van der Waals surface area contributed by atoms with Gasteiger partial charge in [0, 0.05) is 12.1 Å². The van der Waals surface area contributed by atoms with Gasteiger partial charge in [0.25, 0.3) is 0 Å². The van der Waals surface area contributed by atoms with E-state index in [2.05, 4.69) is 20.3 Å². The van der Waals surface area contributed by atoms with Crippen molar-refractivity contribution in [1.29, 1.82) is 0 Å². The first kappa shape index (κ1) is 14.8. The van der Waals surface area contributed by atoms with E-state index in [0.29, 0.717) is 6.07 Å². The van der Waals surface area contributed by atoms with Crippen molar-refractivity contribution >= 4 is 17.6 Å². The van der Waals surface area contributed by atoms with Crippen molar-refractivity contribution in [2.24, 2.45) is 0 Å². The Morgan fingerprint density at radius 2 is 1.86 bits per heavy atom. The van der Waals surface area contributed by atoms with Gasteiger partial charge in [0.1, 0.15) is 5.82 Å². The standard InChI is InChI=1S/C12H12F3N5O/c1-5(2)21-12-19-10(16)18-11(20-12)17-8-4-6(13)3-7(14)9(8)15/h3-5H,1-2H3,(H3,16,17,18,19,20). The fraction of sp³-hybridized carbons (Fsp3) is 0.250. The maximum absolute atomic E-state index is 13.5. The van der Waals surface area contributed by atoms with E-state index >= 15 is 0 Å². The minimum Gasteiger partial charge on any atom is -0.461 e. The molecule has 0 aliphatic rings. The second-order valence-corrected chi connectivity index (χ2v) is 4.34. The van der Waals surface area contributed by atoms with Gasteiger partial charge in [-0.05, 0) is 13.8 Å². The highest BCUT2D eigenvalue weighted by atomic mass is 19.2. The van der Waals surface area contributed by atoms with Crippen molar-refractivity contribution in [2.75, 3.05) is 11.1 Å². The minimum absolute atomic E-state index is 0.0858. The van der Waals surface area contributed by atoms with Gasteiger partial charge in [-0.3, -0.25) is 0 Å². The molecule has 2 aromatic rings. The first-order valence-corrected chi connectivity index (χ1v) is 5.95. The summed E-state index contributed by atoms with van der Waals surface area (Å²) in [4.78, 5) is 11.2. The zero-order chi connectivity index (χ0) is 15.6. The highest BCUT2D eigenvalue weighted by Gasteiger charge is 2.14. The van der Waals surface area contributed by atoms with Crippen LogP contribution in [0, 0.1) is 17.5 Å². The normalized spacial score (nSPS) is 10.8.